The van der Waals surface area contributed by atoms with Gasteiger partial charge in [0, 0.05) is 5.02 Å². The number of nitrogens with one attached hydrogen (secondary N) is 1. The predicted octanol–water partition coefficient (Wildman–Crippen LogP) is 5.12. The Bertz CT molecular complexity index is 675. The molecule has 4 heteroatoms. The minimum Gasteiger partial charge on any atom is -0.355 e. The maximum absolute atomic E-state index is 6.02. The van der Waals surface area contributed by atoms with Gasteiger partial charge in [-0.2, -0.15) is 0 Å². The van der Waals surface area contributed by atoms with E-state index in [1.165, 1.54) is 4.70 Å². The average Bonchev–Trinajstić information content (AvgIpc) is 2.80. The van der Waals surface area contributed by atoms with Gasteiger partial charge in [-0.3, -0.25) is 0 Å². The van der Waals surface area contributed by atoms with Crippen molar-refractivity contribution in [1.29, 1.82) is 0 Å². The summed E-state index contributed by atoms with van der Waals surface area (Å²) in [5, 5.41) is 5.12. The van der Waals surface area contributed by atoms with Gasteiger partial charge < -0.3 is 5.32 Å². The number of benzene rings is 2. The average molecular weight is 289 g/mol. The third-order valence-electron chi connectivity index (χ3n) is 2.98. The van der Waals surface area contributed by atoms with Crippen LogP contribution >= 0.6 is 22.9 Å². The van der Waals surface area contributed by atoms with Gasteiger partial charge in [-0.15, -0.1) is 0 Å². The monoisotopic (exact) mass is 288 g/mol. The molecule has 1 N–H and O–H groups in total. The van der Waals surface area contributed by atoms with E-state index in [1.54, 1.807) is 11.3 Å². The molecule has 0 spiro atoms. The number of thiazole rings is 1. The summed E-state index contributed by atoms with van der Waals surface area (Å²) in [6, 6.07) is 16.2. The van der Waals surface area contributed by atoms with Crippen LogP contribution in [-0.4, -0.2) is 4.98 Å². The van der Waals surface area contributed by atoms with Crippen LogP contribution < -0.4 is 5.32 Å². The molecule has 1 unspecified atom stereocenters. The second-order valence-corrected chi connectivity index (χ2v) is 5.87. The highest BCUT2D eigenvalue weighted by molar-refractivity contribution is 7.22. The molecule has 19 heavy (non-hydrogen) atoms. The first-order valence-electron chi connectivity index (χ1n) is 6.10. The van der Waals surface area contributed by atoms with Crippen LogP contribution in [0.3, 0.4) is 0 Å². The smallest absolute Gasteiger partial charge is 0.184 e. The molecule has 2 aromatic carbocycles. The van der Waals surface area contributed by atoms with Gasteiger partial charge in [0.1, 0.15) is 0 Å². The highest BCUT2D eigenvalue weighted by Gasteiger charge is 2.09. The molecule has 0 saturated heterocycles. The fourth-order valence-corrected chi connectivity index (χ4v) is 3.13. The van der Waals surface area contributed by atoms with E-state index in [4.69, 9.17) is 11.6 Å². The number of halogens is 1. The molecule has 1 aromatic heterocycles. The quantitative estimate of drug-likeness (QED) is 0.723. The van der Waals surface area contributed by atoms with Crippen LogP contribution in [-0.2, 0) is 0 Å². The van der Waals surface area contributed by atoms with E-state index >= 15 is 0 Å². The summed E-state index contributed by atoms with van der Waals surface area (Å²) in [7, 11) is 0. The van der Waals surface area contributed by atoms with E-state index in [-0.39, 0.29) is 6.04 Å². The topological polar surface area (TPSA) is 24.9 Å². The second kappa shape index (κ2) is 5.19. The SMILES string of the molecule is CC(Nc1nc2ccccc2s1)c1cccc(Cl)c1. The van der Waals surface area contributed by atoms with Crippen LogP contribution in [0.25, 0.3) is 10.2 Å². The first kappa shape index (κ1) is 12.5. The van der Waals surface area contributed by atoms with Gasteiger partial charge in [0.05, 0.1) is 16.3 Å². The number of aromatic nitrogens is 1. The van der Waals surface area contributed by atoms with E-state index in [9.17, 15) is 0 Å². The minimum absolute atomic E-state index is 0.180. The Morgan fingerprint density at radius 1 is 1.16 bits per heavy atom. The van der Waals surface area contributed by atoms with Gasteiger partial charge >= 0.3 is 0 Å². The van der Waals surface area contributed by atoms with Gasteiger partial charge in [0.2, 0.25) is 0 Å². The maximum Gasteiger partial charge on any atom is 0.184 e. The van der Waals surface area contributed by atoms with Crippen LogP contribution in [0.1, 0.15) is 18.5 Å². The second-order valence-electron chi connectivity index (χ2n) is 4.41. The van der Waals surface area contributed by atoms with Crippen LogP contribution in [0.4, 0.5) is 5.13 Å². The van der Waals surface area contributed by atoms with Crippen molar-refractivity contribution < 1.29 is 0 Å². The summed E-state index contributed by atoms with van der Waals surface area (Å²) < 4.78 is 1.20. The molecule has 3 aromatic rings. The molecule has 1 atom stereocenters. The van der Waals surface area contributed by atoms with Crippen molar-refractivity contribution in [3.05, 3.63) is 59.1 Å². The third-order valence-corrected chi connectivity index (χ3v) is 4.19. The summed E-state index contributed by atoms with van der Waals surface area (Å²) in [6.07, 6.45) is 0. The number of hydrogen-bond donors (Lipinski definition) is 1. The minimum atomic E-state index is 0.180. The zero-order chi connectivity index (χ0) is 13.2. The lowest BCUT2D eigenvalue weighted by atomic mass is 10.1. The molecular formula is C15H13ClN2S. The van der Waals surface area contributed by atoms with Gasteiger partial charge in [-0.25, -0.2) is 4.98 Å². The zero-order valence-electron chi connectivity index (χ0n) is 10.4. The Kier molecular flexibility index (Phi) is 3.40. The molecule has 1 heterocycles. The van der Waals surface area contributed by atoms with E-state index < -0.39 is 0 Å². The molecule has 0 saturated carbocycles. The normalized spacial score (nSPS) is 12.5. The number of hydrogen-bond acceptors (Lipinski definition) is 3. The third kappa shape index (κ3) is 2.72. The number of para-hydroxylation sites is 1. The summed E-state index contributed by atoms with van der Waals surface area (Å²) in [4.78, 5) is 4.58. The summed E-state index contributed by atoms with van der Waals surface area (Å²) in [5.74, 6) is 0. The molecule has 0 radical (unpaired) electrons. The lowest BCUT2D eigenvalue weighted by Crippen LogP contribution is -2.05. The molecule has 96 valence electrons. The molecule has 0 bridgehead atoms. The Hall–Kier alpha value is -1.58. The van der Waals surface area contributed by atoms with Gasteiger partial charge in [0.25, 0.3) is 0 Å². The molecule has 2 nitrogen and oxygen atoms in total. The van der Waals surface area contributed by atoms with Crippen molar-refractivity contribution in [2.24, 2.45) is 0 Å². The summed E-state index contributed by atoms with van der Waals surface area (Å²) in [6.45, 7) is 2.11. The Morgan fingerprint density at radius 3 is 2.79 bits per heavy atom. The highest BCUT2D eigenvalue weighted by Crippen LogP contribution is 2.29. The fourth-order valence-electron chi connectivity index (χ4n) is 1.98. The summed E-state index contributed by atoms with van der Waals surface area (Å²) >= 11 is 7.68. The molecular weight excluding hydrogens is 276 g/mol. The van der Waals surface area contributed by atoms with E-state index in [0.29, 0.717) is 0 Å². The van der Waals surface area contributed by atoms with E-state index in [0.717, 1.165) is 21.2 Å². The van der Waals surface area contributed by atoms with Crippen LogP contribution in [0.5, 0.6) is 0 Å². The van der Waals surface area contributed by atoms with Gasteiger partial charge in [-0.05, 0) is 36.8 Å². The van der Waals surface area contributed by atoms with Crippen molar-refractivity contribution in [3.8, 4) is 0 Å². The van der Waals surface area contributed by atoms with Crippen LogP contribution in [0, 0.1) is 0 Å². The van der Waals surface area contributed by atoms with Crippen molar-refractivity contribution in [1.82, 2.24) is 4.98 Å². The maximum atomic E-state index is 6.02. The lowest BCUT2D eigenvalue weighted by Gasteiger charge is -2.13. The van der Waals surface area contributed by atoms with Crippen LogP contribution in [0.2, 0.25) is 5.02 Å². The zero-order valence-corrected chi connectivity index (χ0v) is 12.0. The van der Waals surface area contributed by atoms with Gasteiger partial charge in [-0.1, -0.05) is 47.2 Å². The molecule has 0 fully saturated rings. The van der Waals surface area contributed by atoms with Crippen molar-refractivity contribution in [2.75, 3.05) is 5.32 Å². The van der Waals surface area contributed by atoms with Crippen molar-refractivity contribution in [2.45, 2.75) is 13.0 Å². The Morgan fingerprint density at radius 2 is 2.00 bits per heavy atom. The molecule has 0 aliphatic carbocycles. The first-order chi connectivity index (χ1) is 9.22. The lowest BCUT2D eigenvalue weighted by molar-refractivity contribution is 0.883. The molecule has 0 aliphatic rings. The Balaban J connectivity index is 1.84. The Labute approximate surface area is 121 Å². The number of anilines is 1. The molecule has 3 rings (SSSR count). The molecule has 0 aliphatic heterocycles. The van der Waals surface area contributed by atoms with E-state index in [2.05, 4.69) is 29.4 Å². The highest BCUT2D eigenvalue weighted by atomic mass is 35.5. The standard InChI is InChI=1S/C15H13ClN2S/c1-10(11-5-4-6-12(16)9-11)17-15-18-13-7-2-3-8-14(13)19-15/h2-10H,1H3,(H,17,18). The van der Waals surface area contributed by atoms with Crippen molar-refractivity contribution in [3.63, 3.8) is 0 Å². The first-order valence-corrected chi connectivity index (χ1v) is 7.29. The fraction of sp³-hybridized carbons (Fsp3) is 0.133. The van der Waals surface area contributed by atoms with Crippen LogP contribution in [0.15, 0.2) is 48.5 Å². The number of fused-ring (bicyclic) bond motifs is 1. The predicted molar refractivity (Wildman–Crippen MR) is 83.1 cm³/mol. The number of rotatable bonds is 3. The van der Waals surface area contributed by atoms with Gasteiger partial charge in [0.15, 0.2) is 5.13 Å². The summed E-state index contributed by atoms with van der Waals surface area (Å²) in [5.41, 5.74) is 2.19. The molecule has 0 amide bonds. The largest absolute Gasteiger partial charge is 0.355 e. The van der Waals surface area contributed by atoms with E-state index in [1.807, 2.05) is 36.4 Å². The van der Waals surface area contributed by atoms with Crippen molar-refractivity contribution >= 4 is 38.3 Å². The number of nitrogens with zero attached hydrogens (tertiary/aromatic N) is 1.